The van der Waals surface area contributed by atoms with Gasteiger partial charge in [0.25, 0.3) is 11.8 Å². The molecule has 0 heterocycles. The van der Waals surface area contributed by atoms with E-state index in [0.717, 1.165) is 6.42 Å². The highest BCUT2D eigenvalue weighted by Gasteiger charge is 2.14. The first kappa shape index (κ1) is 17.5. The molecule has 2 rings (SSSR count). The molecule has 5 heteroatoms. The number of carbonyl (C=O) groups excluding carboxylic acids is 2. The van der Waals surface area contributed by atoms with Crippen LogP contribution in [0.3, 0.4) is 0 Å². The molecule has 0 spiro atoms. The molecule has 0 aromatic heterocycles. The molecule has 0 aliphatic heterocycles. The van der Waals surface area contributed by atoms with Crippen LogP contribution in [-0.2, 0) is 4.79 Å². The predicted molar refractivity (Wildman–Crippen MR) is 94.2 cm³/mol. The highest BCUT2D eigenvalue weighted by atomic mass is 16.5. The number of rotatable bonds is 7. The van der Waals surface area contributed by atoms with Crippen molar-refractivity contribution in [2.45, 2.75) is 26.3 Å². The van der Waals surface area contributed by atoms with Gasteiger partial charge >= 0.3 is 0 Å². The average Bonchev–Trinajstić information content (AvgIpc) is 2.61. The Morgan fingerprint density at radius 1 is 1.04 bits per heavy atom. The molecule has 2 amide bonds. The normalized spacial score (nSPS) is 11.4. The van der Waals surface area contributed by atoms with Gasteiger partial charge in [-0.1, -0.05) is 37.3 Å². The molecule has 0 aliphatic carbocycles. The molecular formula is C19H22N2O3. The van der Waals surface area contributed by atoms with Crippen LogP contribution in [-0.4, -0.2) is 24.5 Å². The summed E-state index contributed by atoms with van der Waals surface area (Å²) >= 11 is 0. The topological polar surface area (TPSA) is 67.4 Å². The third-order valence-electron chi connectivity index (χ3n) is 3.54. The zero-order chi connectivity index (χ0) is 17.4. The molecule has 1 atom stereocenters. The molecule has 0 bridgehead atoms. The minimum absolute atomic E-state index is 0.0951. The van der Waals surface area contributed by atoms with E-state index in [-0.39, 0.29) is 24.5 Å². The molecule has 2 aromatic rings. The molecule has 0 radical (unpaired) electrons. The zero-order valence-electron chi connectivity index (χ0n) is 13.9. The van der Waals surface area contributed by atoms with E-state index in [1.165, 1.54) is 0 Å². The summed E-state index contributed by atoms with van der Waals surface area (Å²) in [6, 6.07) is 16.1. The summed E-state index contributed by atoms with van der Waals surface area (Å²) in [5.74, 6) is -0.105. The summed E-state index contributed by atoms with van der Waals surface area (Å²) in [7, 11) is 0. The van der Waals surface area contributed by atoms with Crippen molar-refractivity contribution >= 4 is 17.5 Å². The number of para-hydroxylation sites is 2. The van der Waals surface area contributed by atoms with Gasteiger partial charge in [0.2, 0.25) is 0 Å². The summed E-state index contributed by atoms with van der Waals surface area (Å²) in [5.41, 5.74) is 1.09. The number of benzene rings is 2. The fraction of sp³-hybridized carbons (Fsp3) is 0.263. The number of carbonyl (C=O) groups is 2. The van der Waals surface area contributed by atoms with Crippen LogP contribution >= 0.6 is 0 Å². The fourth-order valence-corrected chi connectivity index (χ4v) is 2.06. The number of hydrogen-bond donors (Lipinski definition) is 2. The second-order valence-electron chi connectivity index (χ2n) is 5.48. The van der Waals surface area contributed by atoms with Crippen molar-refractivity contribution in [3.05, 3.63) is 60.2 Å². The van der Waals surface area contributed by atoms with Gasteiger partial charge in [-0.3, -0.25) is 9.59 Å². The molecule has 0 fully saturated rings. The van der Waals surface area contributed by atoms with Gasteiger partial charge in [-0.05, 0) is 37.6 Å². The van der Waals surface area contributed by atoms with E-state index in [1.54, 1.807) is 36.4 Å². The molecule has 0 unspecified atom stereocenters. The predicted octanol–water partition coefficient (Wildman–Crippen LogP) is 3.23. The van der Waals surface area contributed by atoms with Crippen molar-refractivity contribution < 1.29 is 14.3 Å². The van der Waals surface area contributed by atoms with E-state index in [2.05, 4.69) is 10.6 Å². The summed E-state index contributed by atoms with van der Waals surface area (Å²) < 4.78 is 5.53. The fourth-order valence-electron chi connectivity index (χ4n) is 2.06. The van der Waals surface area contributed by atoms with Crippen molar-refractivity contribution in [2.75, 3.05) is 11.9 Å². The minimum atomic E-state index is -0.279. The van der Waals surface area contributed by atoms with Crippen LogP contribution in [0.2, 0.25) is 0 Å². The Morgan fingerprint density at radius 2 is 1.71 bits per heavy atom. The highest BCUT2D eigenvalue weighted by Crippen LogP contribution is 2.19. The lowest BCUT2D eigenvalue weighted by atomic mass is 10.2. The SMILES string of the molecule is CC[C@@H](C)NC(=O)COc1ccccc1C(=O)Nc1ccccc1. The number of anilines is 1. The summed E-state index contributed by atoms with van der Waals surface area (Å²) in [4.78, 5) is 24.2. The second kappa shape index (κ2) is 8.72. The molecule has 0 saturated heterocycles. The Balaban J connectivity index is 2.02. The van der Waals surface area contributed by atoms with Gasteiger partial charge in [0, 0.05) is 11.7 Å². The first-order valence-corrected chi connectivity index (χ1v) is 7.97. The second-order valence-corrected chi connectivity index (χ2v) is 5.48. The van der Waals surface area contributed by atoms with E-state index < -0.39 is 0 Å². The first-order chi connectivity index (χ1) is 11.6. The van der Waals surface area contributed by atoms with E-state index >= 15 is 0 Å². The number of ether oxygens (including phenoxy) is 1. The number of hydrogen-bond acceptors (Lipinski definition) is 3. The van der Waals surface area contributed by atoms with Crippen molar-refractivity contribution in [1.82, 2.24) is 5.32 Å². The molecular weight excluding hydrogens is 304 g/mol. The van der Waals surface area contributed by atoms with Crippen molar-refractivity contribution in [1.29, 1.82) is 0 Å². The van der Waals surface area contributed by atoms with Crippen LogP contribution in [0.4, 0.5) is 5.69 Å². The molecule has 2 N–H and O–H groups in total. The van der Waals surface area contributed by atoms with Crippen LogP contribution in [0.25, 0.3) is 0 Å². The lowest BCUT2D eigenvalue weighted by Gasteiger charge is -2.14. The highest BCUT2D eigenvalue weighted by molar-refractivity contribution is 6.06. The third-order valence-corrected chi connectivity index (χ3v) is 3.54. The maximum atomic E-state index is 12.4. The Morgan fingerprint density at radius 3 is 2.42 bits per heavy atom. The Hall–Kier alpha value is -2.82. The van der Waals surface area contributed by atoms with Crippen LogP contribution in [0.15, 0.2) is 54.6 Å². The van der Waals surface area contributed by atoms with E-state index in [4.69, 9.17) is 4.74 Å². The number of amides is 2. The molecule has 24 heavy (non-hydrogen) atoms. The maximum Gasteiger partial charge on any atom is 0.259 e. The van der Waals surface area contributed by atoms with Gasteiger partial charge in [0.1, 0.15) is 5.75 Å². The van der Waals surface area contributed by atoms with E-state index in [0.29, 0.717) is 17.0 Å². The van der Waals surface area contributed by atoms with Crippen molar-refractivity contribution in [3.63, 3.8) is 0 Å². The van der Waals surface area contributed by atoms with Gasteiger partial charge in [-0.25, -0.2) is 0 Å². The lowest BCUT2D eigenvalue weighted by molar-refractivity contribution is -0.123. The molecule has 2 aromatic carbocycles. The van der Waals surface area contributed by atoms with E-state index in [9.17, 15) is 9.59 Å². The van der Waals surface area contributed by atoms with E-state index in [1.807, 2.05) is 32.0 Å². The van der Waals surface area contributed by atoms with Gasteiger partial charge < -0.3 is 15.4 Å². The van der Waals surface area contributed by atoms with Crippen molar-refractivity contribution in [2.24, 2.45) is 0 Å². The Kier molecular flexibility index (Phi) is 6.37. The average molecular weight is 326 g/mol. The third kappa shape index (κ3) is 5.12. The quantitative estimate of drug-likeness (QED) is 0.821. The monoisotopic (exact) mass is 326 g/mol. The summed E-state index contributed by atoms with van der Waals surface area (Å²) in [6.07, 6.45) is 0.849. The maximum absolute atomic E-state index is 12.4. The van der Waals surface area contributed by atoms with Crippen molar-refractivity contribution in [3.8, 4) is 5.75 Å². The smallest absolute Gasteiger partial charge is 0.259 e. The summed E-state index contributed by atoms with van der Waals surface area (Å²) in [5, 5.41) is 5.63. The van der Waals surface area contributed by atoms with Gasteiger partial charge in [0.05, 0.1) is 5.56 Å². The van der Waals surface area contributed by atoms with Gasteiger partial charge in [-0.2, -0.15) is 0 Å². The zero-order valence-corrected chi connectivity index (χ0v) is 13.9. The van der Waals surface area contributed by atoms with Gasteiger partial charge in [0.15, 0.2) is 6.61 Å². The minimum Gasteiger partial charge on any atom is -0.483 e. The molecule has 5 nitrogen and oxygen atoms in total. The standard InChI is InChI=1S/C19H22N2O3/c1-3-14(2)20-18(22)13-24-17-12-8-7-11-16(17)19(23)21-15-9-5-4-6-10-15/h4-12,14H,3,13H2,1-2H3,(H,20,22)(H,21,23)/t14-/m1/s1. The Labute approximate surface area is 142 Å². The summed E-state index contributed by atoms with van der Waals surface area (Å²) in [6.45, 7) is 3.80. The number of nitrogens with one attached hydrogen (secondary N) is 2. The van der Waals surface area contributed by atoms with Crippen LogP contribution in [0.5, 0.6) is 5.75 Å². The largest absolute Gasteiger partial charge is 0.483 e. The molecule has 0 saturated carbocycles. The lowest BCUT2D eigenvalue weighted by Crippen LogP contribution is -2.35. The Bertz CT molecular complexity index is 686. The van der Waals surface area contributed by atoms with Crippen LogP contribution < -0.4 is 15.4 Å². The van der Waals surface area contributed by atoms with Gasteiger partial charge in [-0.15, -0.1) is 0 Å². The van der Waals surface area contributed by atoms with Crippen LogP contribution in [0, 0.1) is 0 Å². The first-order valence-electron chi connectivity index (χ1n) is 7.97. The molecule has 126 valence electrons. The van der Waals surface area contributed by atoms with Crippen LogP contribution in [0.1, 0.15) is 30.6 Å². The molecule has 0 aliphatic rings.